The van der Waals surface area contributed by atoms with Crippen molar-refractivity contribution in [3.05, 3.63) is 35.9 Å². The lowest BCUT2D eigenvalue weighted by Crippen LogP contribution is -2.23. The quantitative estimate of drug-likeness (QED) is 0.734. The number of nitrogens with zero attached hydrogens (tertiary/aromatic N) is 1. The van der Waals surface area contributed by atoms with Gasteiger partial charge in [0, 0.05) is 0 Å². The number of benzene rings is 1. The van der Waals surface area contributed by atoms with Crippen molar-refractivity contribution in [2.45, 2.75) is 25.5 Å². The SMILES string of the molecule is CC1(C)N=C(N)OC1c1ccccc1. The first-order chi connectivity index (χ1) is 6.59. The predicted octanol–water partition coefficient (Wildman–Crippen LogP) is 1.85. The number of rotatable bonds is 1. The maximum Gasteiger partial charge on any atom is 0.283 e. The number of nitrogens with two attached hydrogens (primary N) is 1. The molecule has 1 heterocycles. The van der Waals surface area contributed by atoms with E-state index in [1.807, 2.05) is 44.2 Å². The highest BCUT2D eigenvalue weighted by Gasteiger charge is 2.38. The summed E-state index contributed by atoms with van der Waals surface area (Å²) in [4.78, 5) is 4.25. The monoisotopic (exact) mass is 190 g/mol. The van der Waals surface area contributed by atoms with Crippen LogP contribution in [0.3, 0.4) is 0 Å². The van der Waals surface area contributed by atoms with Crippen LogP contribution in [0.15, 0.2) is 35.3 Å². The van der Waals surface area contributed by atoms with Crippen molar-refractivity contribution in [1.29, 1.82) is 0 Å². The van der Waals surface area contributed by atoms with Crippen molar-refractivity contribution in [3.63, 3.8) is 0 Å². The van der Waals surface area contributed by atoms with Crippen LogP contribution in [0.2, 0.25) is 0 Å². The van der Waals surface area contributed by atoms with Gasteiger partial charge in [-0.15, -0.1) is 0 Å². The van der Waals surface area contributed by atoms with Gasteiger partial charge in [0.15, 0.2) is 6.10 Å². The van der Waals surface area contributed by atoms with Crippen molar-refractivity contribution >= 4 is 6.02 Å². The topological polar surface area (TPSA) is 47.6 Å². The lowest BCUT2D eigenvalue weighted by atomic mass is 9.93. The van der Waals surface area contributed by atoms with E-state index in [1.165, 1.54) is 0 Å². The zero-order valence-corrected chi connectivity index (χ0v) is 8.40. The fourth-order valence-electron chi connectivity index (χ4n) is 1.74. The van der Waals surface area contributed by atoms with Gasteiger partial charge in [-0.2, -0.15) is 0 Å². The maximum atomic E-state index is 5.57. The third-order valence-corrected chi connectivity index (χ3v) is 2.38. The van der Waals surface area contributed by atoms with Gasteiger partial charge in [-0.1, -0.05) is 30.3 Å². The molecule has 3 heteroatoms. The van der Waals surface area contributed by atoms with Crippen LogP contribution in [-0.2, 0) is 4.74 Å². The van der Waals surface area contributed by atoms with E-state index in [4.69, 9.17) is 10.5 Å². The van der Waals surface area contributed by atoms with E-state index in [9.17, 15) is 0 Å². The standard InChI is InChI=1S/C11H14N2O/c1-11(2)9(14-10(12)13-11)8-6-4-3-5-7-8/h3-7,9H,1-2H3,(H2,12,13). The average molecular weight is 190 g/mol. The first kappa shape index (κ1) is 9.06. The summed E-state index contributed by atoms with van der Waals surface area (Å²) in [7, 11) is 0. The van der Waals surface area contributed by atoms with Crippen molar-refractivity contribution in [1.82, 2.24) is 0 Å². The molecule has 74 valence electrons. The van der Waals surface area contributed by atoms with Crippen LogP contribution in [0, 0.1) is 0 Å². The molecule has 0 saturated carbocycles. The highest BCUT2D eigenvalue weighted by molar-refractivity contribution is 5.74. The van der Waals surface area contributed by atoms with Crippen molar-refractivity contribution in [3.8, 4) is 0 Å². The maximum absolute atomic E-state index is 5.57. The molecule has 1 aliphatic heterocycles. The van der Waals surface area contributed by atoms with Gasteiger partial charge in [0.2, 0.25) is 0 Å². The highest BCUT2D eigenvalue weighted by atomic mass is 16.5. The third-order valence-electron chi connectivity index (χ3n) is 2.38. The molecule has 0 fully saturated rings. The smallest absolute Gasteiger partial charge is 0.283 e. The van der Waals surface area contributed by atoms with E-state index in [-0.39, 0.29) is 17.7 Å². The molecule has 0 spiro atoms. The molecule has 1 aromatic carbocycles. The van der Waals surface area contributed by atoms with Crippen LogP contribution in [-0.4, -0.2) is 11.6 Å². The Balaban J connectivity index is 2.31. The average Bonchev–Trinajstić information content (AvgIpc) is 2.41. The highest BCUT2D eigenvalue weighted by Crippen LogP contribution is 2.36. The molecule has 1 unspecified atom stereocenters. The van der Waals surface area contributed by atoms with Crippen molar-refractivity contribution in [2.75, 3.05) is 0 Å². The molecular formula is C11H14N2O. The minimum atomic E-state index is -0.272. The number of hydrogen-bond donors (Lipinski definition) is 1. The molecule has 0 bridgehead atoms. The Morgan fingerprint density at radius 1 is 1.29 bits per heavy atom. The van der Waals surface area contributed by atoms with E-state index < -0.39 is 0 Å². The van der Waals surface area contributed by atoms with Crippen LogP contribution in [0.5, 0.6) is 0 Å². The number of amidine groups is 1. The van der Waals surface area contributed by atoms with E-state index in [2.05, 4.69) is 4.99 Å². The first-order valence-corrected chi connectivity index (χ1v) is 4.66. The van der Waals surface area contributed by atoms with Gasteiger partial charge in [-0.25, -0.2) is 4.99 Å². The minimum Gasteiger partial charge on any atom is -0.455 e. The molecule has 0 aromatic heterocycles. The number of aliphatic imine (C=N–C) groups is 1. The summed E-state index contributed by atoms with van der Waals surface area (Å²) in [5.74, 6) is 0. The fraction of sp³-hybridized carbons (Fsp3) is 0.364. The summed E-state index contributed by atoms with van der Waals surface area (Å²) in [6, 6.07) is 10.3. The summed E-state index contributed by atoms with van der Waals surface area (Å²) in [6.07, 6.45) is -0.0660. The fourth-order valence-corrected chi connectivity index (χ4v) is 1.74. The Labute approximate surface area is 83.6 Å². The van der Waals surface area contributed by atoms with Crippen LogP contribution in [0.25, 0.3) is 0 Å². The van der Waals surface area contributed by atoms with Gasteiger partial charge in [-0.05, 0) is 19.4 Å². The van der Waals surface area contributed by atoms with Gasteiger partial charge in [0.25, 0.3) is 6.02 Å². The van der Waals surface area contributed by atoms with Crippen molar-refractivity contribution in [2.24, 2.45) is 10.7 Å². The molecule has 14 heavy (non-hydrogen) atoms. The molecule has 0 aliphatic carbocycles. The molecule has 1 aromatic rings. The second kappa shape index (κ2) is 3.01. The number of ether oxygens (including phenoxy) is 1. The predicted molar refractivity (Wildman–Crippen MR) is 56.0 cm³/mol. The normalized spacial score (nSPS) is 24.1. The largest absolute Gasteiger partial charge is 0.455 e. The lowest BCUT2D eigenvalue weighted by molar-refractivity contribution is 0.155. The Bertz CT molecular complexity index is 357. The van der Waals surface area contributed by atoms with Gasteiger partial charge in [-0.3, -0.25) is 0 Å². The van der Waals surface area contributed by atoms with Crippen molar-refractivity contribution < 1.29 is 4.74 Å². The summed E-state index contributed by atoms with van der Waals surface area (Å²) in [5, 5.41) is 0. The molecule has 0 saturated heterocycles. The van der Waals surface area contributed by atoms with Crippen LogP contribution in [0.4, 0.5) is 0 Å². The summed E-state index contributed by atoms with van der Waals surface area (Å²) in [6.45, 7) is 4.04. The molecule has 0 amide bonds. The zero-order chi connectivity index (χ0) is 10.2. The Kier molecular flexibility index (Phi) is 1.95. The van der Waals surface area contributed by atoms with Gasteiger partial charge < -0.3 is 10.5 Å². The summed E-state index contributed by atoms with van der Waals surface area (Å²) < 4.78 is 5.49. The molecule has 1 aliphatic rings. The summed E-state index contributed by atoms with van der Waals surface area (Å²) in [5.41, 5.74) is 6.41. The van der Waals surface area contributed by atoms with Crippen LogP contribution >= 0.6 is 0 Å². The molecule has 0 radical (unpaired) electrons. The van der Waals surface area contributed by atoms with E-state index >= 15 is 0 Å². The van der Waals surface area contributed by atoms with Gasteiger partial charge in [0.05, 0.1) is 0 Å². The minimum absolute atomic E-state index is 0.0660. The van der Waals surface area contributed by atoms with Gasteiger partial charge in [0.1, 0.15) is 5.54 Å². The Morgan fingerprint density at radius 3 is 2.43 bits per heavy atom. The van der Waals surface area contributed by atoms with E-state index in [0.29, 0.717) is 0 Å². The first-order valence-electron chi connectivity index (χ1n) is 4.66. The second-order valence-corrected chi connectivity index (χ2v) is 4.01. The van der Waals surface area contributed by atoms with Crippen LogP contribution < -0.4 is 5.73 Å². The Hall–Kier alpha value is -1.51. The summed E-state index contributed by atoms with van der Waals surface area (Å²) >= 11 is 0. The molecule has 1 atom stereocenters. The lowest BCUT2D eigenvalue weighted by Gasteiger charge is -2.22. The Morgan fingerprint density at radius 2 is 1.93 bits per heavy atom. The van der Waals surface area contributed by atoms with Crippen LogP contribution in [0.1, 0.15) is 25.5 Å². The zero-order valence-electron chi connectivity index (χ0n) is 8.40. The van der Waals surface area contributed by atoms with E-state index in [0.717, 1.165) is 5.56 Å². The molecular weight excluding hydrogens is 176 g/mol. The molecule has 2 rings (SSSR count). The molecule has 2 N–H and O–H groups in total. The third kappa shape index (κ3) is 1.45. The second-order valence-electron chi connectivity index (χ2n) is 4.01. The van der Waals surface area contributed by atoms with Gasteiger partial charge >= 0.3 is 0 Å². The van der Waals surface area contributed by atoms with E-state index in [1.54, 1.807) is 0 Å². The molecule has 3 nitrogen and oxygen atoms in total. The number of hydrogen-bond acceptors (Lipinski definition) is 3.